The number of carbonyl (C=O) groups is 1. The van der Waals surface area contributed by atoms with Crippen LogP contribution in [0, 0.1) is 0 Å². The van der Waals surface area contributed by atoms with Crippen LogP contribution in [0.1, 0.15) is 20.8 Å². The van der Waals surface area contributed by atoms with Gasteiger partial charge in [0.25, 0.3) is 10.9 Å². The molecule has 0 fully saturated rings. The largest absolute Gasteiger partial charge is 0.485 e. The average Bonchev–Trinajstić information content (AvgIpc) is 2.21. The van der Waals surface area contributed by atoms with Gasteiger partial charge in [-0.3, -0.25) is 14.4 Å². The molecule has 0 aliphatic heterocycles. The van der Waals surface area contributed by atoms with Crippen molar-refractivity contribution < 1.29 is 14.6 Å². The lowest BCUT2D eigenvalue weighted by Crippen LogP contribution is -2.40. The maximum Gasteiger partial charge on any atom is 0.325 e. The van der Waals surface area contributed by atoms with Crippen LogP contribution in [0.2, 0.25) is 0 Å². The van der Waals surface area contributed by atoms with Gasteiger partial charge in [-0.1, -0.05) is 0 Å². The molecule has 0 amide bonds. The lowest BCUT2D eigenvalue weighted by molar-refractivity contribution is -0.137. The van der Waals surface area contributed by atoms with Crippen molar-refractivity contribution in [3.63, 3.8) is 0 Å². The van der Waals surface area contributed by atoms with Crippen molar-refractivity contribution >= 4 is 11.7 Å². The molecule has 0 saturated heterocycles. The van der Waals surface area contributed by atoms with Gasteiger partial charge in [0.2, 0.25) is 0 Å². The van der Waals surface area contributed by atoms with Crippen LogP contribution in [0.5, 0.6) is 5.75 Å². The van der Waals surface area contributed by atoms with E-state index in [-0.39, 0.29) is 17.5 Å². The van der Waals surface area contributed by atoms with Crippen LogP contribution in [0.25, 0.3) is 0 Å². The quantitative estimate of drug-likeness (QED) is 0.685. The third kappa shape index (κ3) is 2.21. The molecule has 0 aromatic heterocycles. The van der Waals surface area contributed by atoms with Gasteiger partial charge in [0.05, 0.1) is 6.10 Å². The first kappa shape index (κ1) is 12.2. The van der Waals surface area contributed by atoms with E-state index in [2.05, 4.69) is 5.32 Å². The molecule has 0 aliphatic carbocycles. The summed E-state index contributed by atoms with van der Waals surface area (Å²) in [7, 11) is 0. The number of aliphatic carboxylic acids is 1. The Morgan fingerprint density at radius 3 is 2.25 bits per heavy atom. The van der Waals surface area contributed by atoms with Crippen LogP contribution < -0.4 is 20.9 Å². The second kappa shape index (κ2) is 4.34. The predicted octanol–water partition coefficient (Wildman–Crippen LogP) is -0.0452. The van der Waals surface area contributed by atoms with Gasteiger partial charge < -0.3 is 15.2 Å². The minimum atomic E-state index is -1.11. The molecule has 0 saturated carbocycles. The summed E-state index contributed by atoms with van der Waals surface area (Å²) in [6.07, 6.45) is -0.246. The fraction of sp³-hybridized carbons (Fsp3) is 0.500. The first-order valence-electron chi connectivity index (χ1n) is 4.84. The standard InChI is InChI=1S/C10H13NO5/c1-4(2)16-9-6(7(12)8(9)13)11-5(3)10(14)15/h4-5,11H,1-3H3,(H,14,15). The lowest BCUT2D eigenvalue weighted by Gasteiger charge is -2.17. The summed E-state index contributed by atoms with van der Waals surface area (Å²) < 4.78 is 5.12. The molecule has 1 aromatic carbocycles. The van der Waals surface area contributed by atoms with Crippen LogP contribution in [0.15, 0.2) is 9.59 Å². The van der Waals surface area contributed by atoms with E-state index in [9.17, 15) is 14.4 Å². The molecule has 88 valence electrons. The molecule has 1 unspecified atom stereocenters. The molecule has 0 bridgehead atoms. The first-order valence-corrected chi connectivity index (χ1v) is 4.84. The number of ether oxygens (including phenoxy) is 1. The Morgan fingerprint density at radius 2 is 1.81 bits per heavy atom. The summed E-state index contributed by atoms with van der Waals surface area (Å²) in [6.45, 7) is 4.79. The molecular formula is C10H13NO5. The molecule has 0 radical (unpaired) electrons. The van der Waals surface area contributed by atoms with E-state index in [1.54, 1.807) is 13.8 Å². The molecule has 0 spiro atoms. The van der Waals surface area contributed by atoms with E-state index >= 15 is 0 Å². The van der Waals surface area contributed by atoms with Crippen LogP contribution in [0.4, 0.5) is 5.69 Å². The summed E-state index contributed by atoms with van der Waals surface area (Å²) in [6, 6.07) is -0.946. The fourth-order valence-electron chi connectivity index (χ4n) is 1.13. The monoisotopic (exact) mass is 227 g/mol. The molecule has 1 rings (SSSR count). The van der Waals surface area contributed by atoms with E-state index in [4.69, 9.17) is 9.84 Å². The number of anilines is 1. The Bertz CT molecular complexity index is 470. The zero-order chi connectivity index (χ0) is 12.5. The van der Waals surface area contributed by atoms with Gasteiger partial charge in [0.15, 0.2) is 5.75 Å². The Balaban J connectivity index is 2.89. The average molecular weight is 227 g/mol. The van der Waals surface area contributed by atoms with E-state index in [1.165, 1.54) is 6.92 Å². The summed E-state index contributed by atoms with van der Waals surface area (Å²) in [4.78, 5) is 32.9. The smallest absolute Gasteiger partial charge is 0.325 e. The van der Waals surface area contributed by atoms with Gasteiger partial charge in [-0.2, -0.15) is 0 Å². The number of carboxylic acids is 1. The summed E-state index contributed by atoms with van der Waals surface area (Å²) in [5, 5.41) is 11.1. The zero-order valence-electron chi connectivity index (χ0n) is 9.23. The highest BCUT2D eigenvalue weighted by Gasteiger charge is 2.26. The first-order chi connectivity index (χ1) is 7.34. The van der Waals surface area contributed by atoms with E-state index in [1.807, 2.05) is 0 Å². The van der Waals surface area contributed by atoms with Crippen molar-refractivity contribution in [2.24, 2.45) is 0 Å². The van der Waals surface area contributed by atoms with Gasteiger partial charge in [0, 0.05) is 0 Å². The molecule has 6 heteroatoms. The number of nitrogens with one attached hydrogen (secondary N) is 1. The highest BCUT2D eigenvalue weighted by molar-refractivity contribution is 5.78. The summed E-state index contributed by atoms with van der Waals surface area (Å²) in [5.74, 6) is -1.18. The molecule has 1 atom stereocenters. The normalized spacial score (nSPS) is 12.8. The molecule has 1 aromatic rings. The minimum absolute atomic E-state index is 0.0476. The van der Waals surface area contributed by atoms with Crippen molar-refractivity contribution in [1.29, 1.82) is 0 Å². The Hall–Kier alpha value is -1.85. The van der Waals surface area contributed by atoms with Crippen LogP contribution in [0.3, 0.4) is 0 Å². The Kier molecular flexibility index (Phi) is 3.31. The second-order valence-corrected chi connectivity index (χ2v) is 3.73. The van der Waals surface area contributed by atoms with E-state index in [0.717, 1.165) is 0 Å². The third-order valence-corrected chi connectivity index (χ3v) is 1.95. The summed E-state index contributed by atoms with van der Waals surface area (Å²) in [5.41, 5.74) is -1.49. The van der Waals surface area contributed by atoms with E-state index < -0.39 is 22.9 Å². The molecular weight excluding hydrogens is 214 g/mol. The van der Waals surface area contributed by atoms with Crippen LogP contribution in [-0.4, -0.2) is 23.2 Å². The Labute approximate surface area is 91.5 Å². The molecule has 0 aliphatic rings. The Morgan fingerprint density at radius 1 is 1.25 bits per heavy atom. The van der Waals surface area contributed by atoms with Crippen molar-refractivity contribution in [2.45, 2.75) is 32.9 Å². The molecule has 2 N–H and O–H groups in total. The third-order valence-electron chi connectivity index (χ3n) is 1.95. The minimum Gasteiger partial charge on any atom is -0.485 e. The van der Waals surface area contributed by atoms with Gasteiger partial charge in [-0.15, -0.1) is 0 Å². The number of hydrogen-bond acceptors (Lipinski definition) is 5. The van der Waals surface area contributed by atoms with Crippen LogP contribution in [-0.2, 0) is 4.79 Å². The molecule has 0 heterocycles. The van der Waals surface area contributed by atoms with Crippen LogP contribution >= 0.6 is 0 Å². The second-order valence-electron chi connectivity index (χ2n) is 3.73. The maximum absolute atomic E-state index is 11.2. The van der Waals surface area contributed by atoms with E-state index in [0.29, 0.717) is 0 Å². The summed E-state index contributed by atoms with van der Waals surface area (Å²) >= 11 is 0. The number of hydrogen-bond donors (Lipinski definition) is 2. The molecule has 16 heavy (non-hydrogen) atoms. The highest BCUT2D eigenvalue weighted by atomic mass is 16.5. The number of rotatable bonds is 5. The van der Waals surface area contributed by atoms with Crippen molar-refractivity contribution in [3.05, 3.63) is 20.4 Å². The van der Waals surface area contributed by atoms with Crippen molar-refractivity contribution in [1.82, 2.24) is 0 Å². The fourth-order valence-corrected chi connectivity index (χ4v) is 1.13. The topological polar surface area (TPSA) is 92.7 Å². The highest BCUT2D eigenvalue weighted by Crippen LogP contribution is 2.19. The lowest BCUT2D eigenvalue weighted by atomic mass is 10.2. The number of carboxylic acid groups (broad SMARTS) is 1. The van der Waals surface area contributed by atoms with Gasteiger partial charge >= 0.3 is 5.97 Å². The van der Waals surface area contributed by atoms with Gasteiger partial charge in [-0.25, -0.2) is 0 Å². The van der Waals surface area contributed by atoms with Gasteiger partial charge in [-0.05, 0) is 20.8 Å². The molecule has 6 nitrogen and oxygen atoms in total. The van der Waals surface area contributed by atoms with Crippen molar-refractivity contribution in [3.8, 4) is 5.75 Å². The predicted molar refractivity (Wildman–Crippen MR) is 57.8 cm³/mol. The van der Waals surface area contributed by atoms with Crippen molar-refractivity contribution in [2.75, 3.05) is 5.32 Å². The maximum atomic E-state index is 11.2. The SMILES string of the molecule is CC(C)Oc1c(NC(C)C(=O)O)c(=O)c1=O. The van der Waals surface area contributed by atoms with Gasteiger partial charge in [0.1, 0.15) is 11.7 Å². The zero-order valence-corrected chi connectivity index (χ0v) is 9.23.